The van der Waals surface area contributed by atoms with Gasteiger partial charge in [-0.05, 0) is 24.3 Å². The normalized spacial score (nSPS) is 10.4. The van der Waals surface area contributed by atoms with Crippen LogP contribution in [-0.4, -0.2) is 27.0 Å². The van der Waals surface area contributed by atoms with E-state index in [0.717, 1.165) is 0 Å². The molecule has 6 nitrogen and oxygen atoms in total. The monoisotopic (exact) mass is 221 g/mol. The summed E-state index contributed by atoms with van der Waals surface area (Å²) in [6.07, 6.45) is 0. The number of H-pyrrole nitrogens is 1. The second-order valence-electron chi connectivity index (χ2n) is 3.14. The van der Waals surface area contributed by atoms with Gasteiger partial charge in [0.05, 0.1) is 12.8 Å². The lowest BCUT2D eigenvalue weighted by Gasteiger charge is -2.01. The molecule has 1 heterocycles. The van der Waals surface area contributed by atoms with E-state index in [1.165, 1.54) is 4.68 Å². The minimum atomic E-state index is -0.380. The van der Waals surface area contributed by atoms with Gasteiger partial charge in [-0.15, -0.1) is 5.10 Å². The number of aliphatic hydroxyl groups is 1. The van der Waals surface area contributed by atoms with Crippen LogP contribution >= 0.6 is 0 Å². The molecular formula is C10H11N3O3. The van der Waals surface area contributed by atoms with Crippen molar-refractivity contribution in [1.82, 2.24) is 14.8 Å². The van der Waals surface area contributed by atoms with Crippen molar-refractivity contribution in [2.75, 3.05) is 7.11 Å². The van der Waals surface area contributed by atoms with Gasteiger partial charge in [0.15, 0.2) is 5.82 Å². The summed E-state index contributed by atoms with van der Waals surface area (Å²) in [6.45, 7) is -0.293. The third-order valence-electron chi connectivity index (χ3n) is 2.13. The van der Waals surface area contributed by atoms with Gasteiger partial charge in [0.2, 0.25) is 0 Å². The van der Waals surface area contributed by atoms with Crippen LogP contribution in [0.4, 0.5) is 0 Å². The highest BCUT2D eigenvalue weighted by Crippen LogP contribution is 2.12. The van der Waals surface area contributed by atoms with E-state index in [2.05, 4.69) is 10.1 Å². The molecular weight excluding hydrogens is 210 g/mol. The quantitative estimate of drug-likeness (QED) is 0.768. The lowest BCUT2D eigenvalue weighted by atomic mass is 10.3. The van der Waals surface area contributed by atoms with Gasteiger partial charge in [-0.25, -0.2) is 4.79 Å². The molecule has 2 N–H and O–H groups in total. The van der Waals surface area contributed by atoms with Gasteiger partial charge in [-0.3, -0.25) is 4.98 Å². The van der Waals surface area contributed by atoms with Crippen LogP contribution in [0.2, 0.25) is 0 Å². The Morgan fingerprint density at radius 3 is 2.62 bits per heavy atom. The van der Waals surface area contributed by atoms with Crippen molar-refractivity contribution in [3.8, 4) is 11.4 Å². The van der Waals surface area contributed by atoms with Crippen LogP contribution in [0.1, 0.15) is 5.82 Å². The third-order valence-corrected chi connectivity index (χ3v) is 2.13. The predicted molar refractivity (Wildman–Crippen MR) is 56.7 cm³/mol. The molecule has 0 bridgehead atoms. The van der Waals surface area contributed by atoms with Crippen LogP contribution in [0.15, 0.2) is 29.1 Å². The maximum atomic E-state index is 11.5. The second kappa shape index (κ2) is 4.19. The highest BCUT2D eigenvalue weighted by molar-refractivity contribution is 5.36. The van der Waals surface area contributed by atoms with E-state index in [0.29, 0.717) is 11.4 Å². The Bertz CT molecular complexity index is 527. The zero-order valence-electron chi connectivity index (χ0n) is 8.67. The summed E-state index contributed by atoms with van der Waals surface area (Å²) in [7, 11) is 1.57. The molecule has 2 rings (SSSR count). The Labute approximate surface area is 91.1 Å². The first-order chi connectivity index (χ1) is 7.74. The minimum absolute atomic E-state index is 0.237. The van der Waals surface area contributed by atoms with Gasteiger partial charge in [0.1, 0.15) is 12.4 Å². The first-order valence-electron chi connectivity index (χ1n) is 4.68. The van der Waals surface area contributed by atoms with E-state index in [4.69, 9.17) is 9.84 Å². The molecule has 0 spiro atoms. The third kappa shape index (κ3) is 1.82. The van der Waals surface area contributed by atoms with Crippen molar-refractivity contribution in [2.45, 2.75) is 6.61 Å². The Kier molecular flexibility index (Phi) is 2.74. The van der Waals surface area contributed by atoms with Crippen molar-refractivity contribution in [2.24, 2.45) is 0 Å². The van der Waals surface area contributed by atoms with Crippen LogP contribution in [0.25, 0.3) is 5.69 Å². The SMILES string of the molecule is COc1ccc(-n2nc(CO)[nH]c2=O)cc1. The van der Waals surface area contributed by atoms with E-state index >= 15 is 0 Å². The fraction of sp³-hybridized carbons (Fsp3) is 0.200. The highest BCUT2D eigenvalue weighted by Gasteiger charge is 2.05. The van der Waals surface area contributed by atoms with Gasteiger partial charge >= 0.3 is 5.69 Å². The van der Waals surface area contributed by atoms with Crippen molar-refractivity contribution in [3.63, 3.8) is 0 Å². The maximum Gasteiger partial charge on any atom is 0.348 e. The lowest BCUT2D eigenvalue weighted by Crippen LogP contribution is -2.15. The van der Waals surface area contributed by atoms with Crippen LogP contribution < -0.4 is 10.4 Å². The number of hydrogen-bond donors (Lipinski definition) is 2. The fourth-order valence-electron chi connectivity index (χ4n) is 1.34. The van der Waals surface area contributed by atoms with Crippen molar-refractivity contribution < 1.29 is 9.84 Å². The molecule has 0 atom stereocenters. The number of hydrogen-bond acceptors (Lipinski definition) is 4. The zero-order valence-corrected chi connectivity index (χ0v) is 8.67. The number of aliphatic hydroxyl groups excluding tert-OH is 1. The van der Waals surface area contributed by atoms with E-state index in [1.807, 2.05) is 0 Å². The standard InChI is InChI=1S/C10H11N3O3/c1-16-8-4-2-7(3-5-8)13-10(15)11-9(6-14)12-13/h2-5,14H,6H2,1H3,(H,11,12,15). The zero-order chi connectivity index (χ0) is 11.5. The molecule has 84 valence electrons. The van der Waals surface area contributed by atoms with Gasteiger partial charge in [0.25, 0.3) is 0 Å². The number of aromatic nitrogens is 3. The molecule has 0 fully saturated rings. The van der Waals surface area contributed by atoms with Crippen LogP contribution in [0.5, 0.6) is 5.75 Å². The van der Waals surface area contributed by atoms with Gasteiger partial charge < -0.3 is 9.84 Å². The summed E-state index contributed by atoms with van der Waals surface area (Å²) in [6, 6.07) is 6.88. The van der Waals surface area contributed by atoms with Crippen LogP contribution in [-0.2, 0) is 6.61 Å². The molecule has 0 aliphatic rings. The number of aromatic amines is 1. The summed E-state index contributed by atoms with van der Waals surface area (Å²) < 4.78 is 6.19. The minimum Gasteiger partial charge on any atom is -0.497 e. The Morgan fingerprint density at radius 1 is 1.44 bits per heavy atom. The number of nitrogens with zero attached hydrogens (tertiary/aromatic N) is 2. The van der Waals surface area contributed by atoms with Crippen LogP contribution in [0.3, 0.4) is 0 Å². The molecule has 16 heavy (non-hydrogen) atoms. The average molecular weight is 221 g/mol. The predicted octanol–water partition coefficient (Wildman–Crippen LogP) is 0.0615. The number of methoxy groups -OCH3 is 1. The van der Waals surface area contributed by atoms with Crippen molar-refractivity contribution in [1.29, 1.82) is 0 Å². The highest BCUT2D eigenvalue weighted by atomic mass is 16.5. The van der Waals surface area contributed by atoms with E-state index in [1.54, 1.807) is 31.4 Å². The molecule has 2 aromatic rings. The smallest absolute Gasteiger partial charge is 0.348 e. The van der Waals surface area contributed by atoms with Crippen molar-refractivity contribution >= 4 is 0 Å². The fourth-order valence-corrected chi connectivity index (χ4v) is 1.34. The summed E-state index contributed by atoms with van der Waals surface area (Å²) in [5, 5.41) is 12.8. The average Bonchev–Trinajstić information content (AvgIpc) is 2.71. The first kappa shape index (κ1) is 10.4. The van der Waals surface area contributed by atoms with E-state index < -0.39 is 0 Å². The number of benzene rings is 1. The molecule has 0 aliphatic carbocycles. The summed E-state index contributed by atoms with van der Waals surface area (Å²) in [5.74, 6) is 0.940. The number of nitrogens with one attached hydrogen (secondary N) is 1. The van der Waals surface area contributed by atoms with Crippen molar-refractivity contribution in [3.05, 3.63) is 40.6 Å². The molecule has 0 saturated heterocycles. The van der Waals surface area contributed by atoms with Gasteiger partial charge in [-0.1, -0.05) is 0 Å². The van der Waals surface area contributed by atoms with E-state index in [-0.39, 0.29) is 18.1 Å². The molecule has 0 radical (unpaired) electrons. The molecule has 0 aliphatic heterocycles. The van der Waals surface area contributed by atoms with Gasteiger partial charge in [-0.2, -0.15) is 4.68 Å². The molecule has 1 aromatic carbocycles. The molecule has 6 heteroatoms. The number of rotatable bonds is 3. The Balaban J connectivity index is 2.42. The molecule has 1 aromatic heterocycles. The molecule has 0 amide bonds. The Hall–Kier alpha value is -2.08. The van der Waals surface area contributed by atoms with Gasteiger partial charge in [0, 0.05) is 0 Å². The maximum absolute atomic E-state index is 11.5. The Morgan fingerprint density at radius 2 is 2.12 bits per heavy atom. The molecule has 0 unspecified atom stereocenters. The van der Waals surface area contributed by atoms with E-state index in [9.17, 15) is 4.79 Å². The number of ether oxygens (including phenoxy) is 1. The second-order valence-corrected chi connectivity index (χ2v) is 3.14. The summed E-state index contributed by atoms with van der Waals surface area (Å²) in [5.41, 5.74) is 0.232. The topological polar surface area (TPSA) is 80.1 Å². The lowest BCUT2D eigenvalue weighted by molar-refractivity contribution is 0.271. The molecule has 0 saturated carbocycles. The largest absolute Gasteiger partial charge is 0.497 e. The summed E-state index contributed by atoms with van der Waals surface area (Å²) in [4.78, 5) is 13.9. The van der Waals surface area contributed by atoms with Crippen LogP contribution in [0, 0.1) is 0 Å². The first-order valence-corrected chi connectivity index (χ1v) is 4.68. The summed E-state index contributed by atoms with van der Waals surface area (Å²) >= 11 is 0.